The first-order valence-corrected chi connectivity index (χ1v) is 9.57. The van der Waals surface area contributed by atoms with Crippen LogP contribution >= 0.6 is 0 Å². The van der Waals surface area contributed by atoms with Crippen molar-refractivity contribution >= 4 is 16.9 Å². The van der Waals surface area contributed by atoms with Crippen LogP contribution in [0.5, 0.6) is 0 Å². The Morgan fingerprint density at radius 1 is 1.30 bits per heavy atom. The van der Waals surface area contributed by atoms with E-state index >= 15 is 0 Å². The molecule has 1 aliphatic heterocycles. The maximum atomic E-state index is 12.8. The number of piperidine rings is 1. The van der Waals surface area contributed by atoms with E-state index in [1.807, 2.05) is 36.1 Å². The van der Waals surface area contributed by atoms with Crippen molar-refractivity contribution in [1.82, 2.24) is 19.4 Å². The highest BCUT2D eigenvalue weighted by molar-refractivity contribution is 5.94. The molecule has 1 atom stereocenters. The lowest BCUT2D eigenvalue weighted by molar-refractivity contribution is 0.0672. The van der Waals surface area contributed by atoms with Gasteiger partial charge in [-0.05, 0) is 43.9 Å². The molecule has 140 valence electrons. The highest BCUT2D eigenvalue weighted by atomic mass is 16.2. The predicted octanol–water partition coefficient (Wildman–Crippen LogP) is 2.84. The third-order valence-corrected chi connectivity index (χ3v) is 5.31. The number of likely N-dealkylation sites (tertiary alicyclic amines) is 1. The van der Waals surface area contributed by atoms with E-state index in [4.69, 9.17) is 0 Å². The van der Waals surface area contributed by atoms with Crippen LogP contribution in [0.4, 0.5) is 0 Å². The number of nitrogens with one attached hydrogen (secondary N) is 1. The van der Waals surface area contributed by atoms with Gasteiger partial charge in [-0.2, -0.15) is 0 Å². The summed E-state index contributed by atoms with van der Waals surface area (Å²) in [4.78, 5) is 34.8. The molecule has 0 saturated carbocycles. The van der Waals surface area contributed by atoms with Gasteiger partial charge in [-0.25, -0.2) is 4.98 Å². The summed E-state index contributed by atoms with van der Waals surface area (Å²) in [6.45, 7) is 3.96. The second kappa shape index (κ2) is 7.39. The summed E-state index contributed by atoms with van der Waals surface area (Å²) in [6, 6.07) is 11.2. The van der Waals surface area contributed by atoms with E-state index in [-0.39, 0.29) is 11.5 Å². The van der Waals surface area contributed by atoms with Gasteiger partial charge in [0.2, 0.25) is 0 Å². The van der Waals surface area contributed by atoms with Gasteiger partial charge < -0.3 is 14.5 Å². The highest BCUT2D eigenvalue weighted by Crippen LogP contribution is 2.22. The van der Waals surface area contributed by atoms with Gasteiger partial charge in [0.05, 0.1) is 11.0 Å². The zero-order valence-corrected chi connectivity index (χ0v) is 15.5. The molecule has 6 nitrogen and oxygen atoms in total. The van der Waals surface area contributed by atoms with Crippen molar-refractivity contribution in [2.75, 3.05) is 13.1 Å². The fourth-order valence-corrected chi connectivity index (χ4v) is 3.88. The molecule has 0 aliphatic carbocycles. The molecule has 2 aromatic heterocycles. The Morgan fingerprint density at radius 2 is 2.15 bits per heavy atom. The van der Waals surface area contributed by atoms with Crippen LogP contribution in [-0.2, 0) is 13.0 Å². The van der Waals surface area contributed by atoms with Gasteiger partial charge in [0.1, 0.15) is 5.82 Å². The van der Waals surface area contributed by atoms with Crippen LogP contribution in [0.2, 0.25) is 0 Å². The SMILES string of the molecule is CCn1ccc(C(=O)N2CCC[C@@H](Cc3nc4ccccc4[nH]3)C2)cc1=O. The summed E-state index contributed by atoms with van der Waals surface area (Å²) >= 11 is 0. The van der Waals surface area contributed by atoms with Crippen LogP contribution in [-0.4, -0.2) is 38.4 Å². The number of amides is 1. The van der Waals surface area contributed by atoms with Crippen molar-refractivity contribution in [2.24, 2.45) is 5.92 Å². The molecule has 6 heteroatoms. The van der Waals surface area contributed by atoms with Gasteiger partial charge >= 0.3 is 0 Å². The average molecular weight is 364 g/mol. The number of rotatable bonds is 4. The largest absolute Gasteiger partial charge is 0.342 e. The summed E-state index contributed by atoms with van der Waals surface area (Å²) in [7, 11) is 0. The van der Waals surface area contributed by atoms with E-state index in [0.717, 1.165) is 42.7 Å². The zero-order valence-electron chi connectivity index (χ0n) is 15.5. The first-order chi connectivity index (χ1) is 13.1. The maximum Gasteiger partial charge on any atom is 0.254 e. The second-order valence-corrected chi connectivity index (χ2v) is 7.20. The number of aromatic amines is 1. The molecule has 3 aromatic rings. The number of hydrogen-bond donors (Lipinski definition) is 1. The average Bonchev–Trinajstić information content (AvgIpc) is 3.09. The molecule has 3 heterocycles. The van der Waals surface area contributed by atoms with Gasteiger partial charge in [0.25, 0.3) is 11.5 Å². The van der Waals surface area contributed by atoms with Crippen molar-refractivity contribution in [3.63, 3.8) is 0 Å². The lowest BCUT2D eigenvalue weighted by Gasteiger charge is -2.32. The van der Waals surface area contributed by atoms with Crippen molar-refractivity contribution in [3.8, 4) is 0 Å². The van der Waals surface area contributed by atoms with Gasteiger partial charge in [-0.15, -0.1) is 0 Å². The molecule has 0 unspecified atom stereocenters. The summed E-state index contributed by atoms with van der Waals surface area (Å²) in [5, 5.41) is 0. The summed E-state index contributed by atoms with van der Waals surface area (Å²) in [6.07, 6.45) is 4.59. The number of fused-ring (bicyclic) bond motifs is 1. The lowest BCUT2D eigenvalue weighted by Crippen LogP contribution is -2.41. The van der Waals surface area contributed by atoms with E-state index in [9.17, 15) is 9.59 Å². The van der Waals surface area contributed by atoms with E-state index in [2.05, 4.69) is 9.97 Å². The maximum absolute atomic E-state index is 12.8. The predicted molar refractivity (Wildman–Crippen MR) is 105 cm³/mol. The number of aromatic nitrogens is 3. The number of H-pyrrole nitrogens is 1. The number of carbonyl (C=O) groups excluding carboxylic acids is 1. The van der Waals surface area contributed by atoms with Crippen LogP contribution in [0.3, 0.4) is 0 Å². The number of aryl methyl sites for hydroxylation is 1. The minimum absolute atomic E-state index is 0.0512. The number of para-hydroxylation sites is 2. The topological polar surface area (TPSA) is 71.0 Å². The van der Waals surface area contributed by atoms with E-state index in [1.165, 1.54) is 6.07 Å². The van der Waals surface area contributed by atoms with Crippen molar-refractivity contribution < 1.29 is 4.79 Å². The number of carbonyl (C=O) groups is 1. The molecule has 0 spiro atoms. The second-order valence-electron chi connectivity index (χ2n) is 7.20. The molecule has 1 saturated heterocycles. The molecule has 1 N–H and O–H groups in total. The Labute approximate surface area is 157 Å². The van der Waals surface area contributed by atoms with Gasteiger partial charge in [0, 0.05) is 43.9 Å². The fraction of sp³-hybridized carbons (Fsp3) is 0.381. The minimum atomic E-state index is -0.126. The Hall–Kier alpha value is -2.89. The first-order valence-electron chi connectivity index (χ1n) is 9.57. The number of imidazole rings is 1. The fourth-order valence-electron chi connectivity index (χ4n) is 3.88. The smallest absolute Gasteiger partial charge is 0.254 e. The normalized spacial score (nSPS) is 17.4. The molecule has 0 radical (unpaired) electrons. The van der Waals surface area contributed by atoms with Gasteiger partial charge in [-0.3, -0.25) is 9.59 Å². The number of hydrogen-bond acceptors (Lipinski definition) is 3. The van der Waals surface area contributed by atoms with E-state index in [0.29, 0.717) is 24.6 Å². The third-order valence-electron chi connectivity index (χ3n) is 5.31. The Bertz CT molecular complexity index is 987. The summed E-state index contributed by atoms with van der Waals surface area (Å²) < 4.78 is 1.59. The van der Waals surface area contributed by atoms with Gasteiger partial charge in [0.15, 0.2) is 0 Å². The Kier molecular flexibility index (Phi) is 4.79. The zero-order chi connectivity index (χ0) is 18.8. The monoisotopic (exact) mass is 364 g/mol. The molecule has 0 bridgehead atoms. The molecule has 4 rings (SSSR count). The number of pyridine rings is 1. The molecular weight excluding hydrogens is 340 g/mol. The first kappa shape index (κ1) is 17.5. The molecule has 1 fully saturated rings. The minimum Gasteiger partial charge on any atom is -0.342 e. The molecular formula is C21H24N4O2. The third kappa shape index (κ3) is 3.65. The van der Waals surface area contributed by atoms with Crippen molar-refractivity contribution in [2.45, 2.75) is 32.7 Å². The van der Waals surface area contributed by atoms with Crippen molar-refractivity contribution in [1.29, 1.82) is 0 Å². The number of benzene rings is 1. The molecule has 1 aliphatic rings. The summed E-state index contributed by atoms with van der Waals surface area (Å²) in [5.74, 6) is 1.30. The van der Waals surface area contributed by atoms with Crippen LogP contribution < -0.4 is 5.56 Å². The van der Waals surface area contributed by atoms with Crippen LogP contribution in [0, 0.1) is 5.92 Å². The van der Waals surface area contributed by atoms with Gasteiger partial charge in [-0.1, -0.05) is 12.1 Å². The number of nitrogens with zero attached hydrogens (tertiary/aromatic N) is 3. The molecule has 27 heavy (non-hydrogen) atoms. The van der Waals surface area contributed by atoms with Crippen LogP contribution in [0.15, 0.2) is 47.4 Å². The quantitative estimate of drug-likeness (QED) is 0.774. The van der Waals surface area contributed by atoms with E-state index in [1.54, 1.807) is 16.8 Å². The Balaban J connectivity index is 1.46. The lowest BCUT2D eigenvalue weighted by atomic mass is 9.94. The highest BCUT2D eigenvalue weighted by Gasteiger charge is 2.25. The van der Waals surface area contributed by atoms with Crippen LogP contribution in [0.1, 0.15) is 35.9 Å². The Morgan fingerprint density at radius 3 is 2.93 bits per heavy atom. The van der Waals surface area contributed by atoms with E-state index < -0.39 is 0 Å². The summed E-state index contributed by atoms with van der Waals surface area (Å²) in [5.41, 5.74) is 2.38. The van der Waals surface area contributed by atoms with Crippen LogP contribution in [0.25, 0.3) is 11.0 Å². The molecule has 1 aromatic carbocycles. The van der Waals surface area contributed by atoms with Crippen molar-refractivity contribution in [3.05, 3.63) is 64.3 Å². The molecule has 1 amide bonds. The standard InChI is InChI=1S/C21H24N4O2/c1-2-24-11-9-16(13-20(24)26)21(27)25-10-5-6-15(14-25)12-19-22-17-7-3-4-8-18(17)23-19/h3-4,7-9,11,13,15H,2,5-6,10,12,14H2,1H3,(H,22,23)/t15-/m0/s1.